The number of piperidine rings is 1. The van der Waals surface area contributed by atoms with E-state index in [1.54, 1.807) is 23.1 Å². The highest BCUT2D eigenvalue weighted by Gasteiger charge is 2.28. The molecule has 0 radical (unpaired) electrons. The Kier molecular flexibility index (Phi) is 5.46. The first-order chi connectivity index (χ1) is 13.6. The van der Waals surface area contributed by atoms with Gasteiger partial charge in [0.2, 0.25) is 5.91 Å². The number of carbonyl (C=O) groups excluding carboxylic acids is 2. The zero-order valence-corrected chi connectivity index (χ0v) is 16.1. The standard InChI is InChI=1S/C22H26N2O4/c25-20(23-11-3-4-12-23)10-9-16-6-5-13-24(15-16)21(26)18-14-17-7-1-2-8-19(17)28-22(18)27/h1-2,7-8,14,16H,3-6,9-13,15H2. The third-order valence-corrected chi connectivity index (χ3v) is 5.90. The van der Waals surface area contributed by atoms with Crippen molar-refractivity contribution in [3.05, 3.63) is 46.3 Å². The molecule has 148 valence electrons. The molecule has 2 fully saturated rings. The quantitative estimate of drug-likeness (QED) is 0.762. The molecule has 2 aromatic rings. The van der Waals surface area contributed by atoms with Gasteiger partial charge in [0.1, 0.15) is 11.1 Å². The lowest BCUT2D eigenvalue weighted by Gasteiger charge is -2.32. The van der Waals surface area contributed by atoms with Crippen molar-refractivity contribution in [3.8, 4) is 0 Å². The van der Waals surface area contributed by atoms with Crippen molar-refractivity contribution in [3.63, 3.8) is 0 Å². The maximum absolute atomic E-state index is 12.9. The van der Waals surface area contributed by atoms with Crippen LogP contribution in [0.2, 0.25) is 0 Å². The van der Waals surface area contributed by atoms with E-state index in [4.69, 9.17) is 4.42 Å². The summed E-state index contributed by atoms with van der Waals surface area (Å²) in [5.74, 6) is 0.267. The number of para-hydroxylation sites is 1. The van der Waals surface area contributed by atoms with Crippen LogP contribution in [0.5, 0.6) is 0 Å². The molecule has 2 aliphatic heterocycles. The van der Waals surface area contributed by atoms with Crippen molar-refractivity contribution in [2.45, 2.75) is 38.5 Å². The minimum atomic E-state index is -0.588. The van der Waals surface area contributed by atoms with Crippen LogP contribution in [0.1, 0.15) is 48.9 Å². The summed E-state index contributed by atoms with van der Waals surface area (Å²) in [7, 11) is 0. The monoisotopic (exact) mass is 382 g/mol. The lowest BCUT2D eigenvalue weighted by molar-refractivity contribution is -0.130. The Bertz CT molecular complexity index is 930. The van der Waals surface area contributed by atoms with Crippen LogP contribution >= 0.6 is 0 Å². The highest BCUT2D eigenvalue weighted by molar-refractivity contribution is 5.96. The third-order valence-electron chi connectivity index (χ3n) is 5.90. The van der Waals surface area contributed by atoms with E-state index in [9.17, 15) is 14.4 Å². The van der Waals surface area contributed by atoms with Crippen molar-refractivity contribution in [2.75, 3.05) is 26.2 Å². The van der Waals surface area contributed by atoms with Gasteiger partial charge < -0.3 is 14.2 Å². The molecule has 3 heterocycles. The fourth-order valence-electron chi connectivity index (χ4n) is 4.32. The van der Waals surface area contributed by atoms with Gasteiger partial charge in [-0.05, 0) is 50.2 Å². The topological polar surface area (TPSA) is 70.8 Å². The third kappa shape index (κ3) is 3.96. The first kappa shape index (κ1) is 18.7. The maximum atomic E-state index is 12.9. The minimum Gasteiger partial charge on any atom is -0.422 e. The molecule has 1 unspecified atom stereocenters. The van der Waals surface area contributed by atoms with Gasteiger partial charge in [0.05, 0.1) is 0 Å². The van der Waals surface area contributed by atoms with Gasteiger partial charge in [-0.2, -0.15) is 0 Å². The molecule has 1 aromatic heterocycles. The number of amides is 2. The van der Waals surface area contributed by atoms with Crippen LogP contribution in [0.25, 0.3) is 11.0 Å². The van der Waals surface area contributed by atoms with E-state index >= 15 is 0 Å². The Morgan fingerprint density at radius 1 is 1.04 bits per heavy atom. The maximum Gasteiger partial charge on any atom is 0.349 e. The van der Waals surface area contributed by atoms with Gasteiger partial charge in [0, 0.05) is 38.0 Å². The molecule has 4 rings (SSSR count). The molecule has 0 spiro atoms. The van der Waals surface area contributed by atoms with Crippen molar-refractivity contribution in [2.24, 2.45) is 5.92 Å². The van der Waals surface area contributed by atoms with Crippen LogP contribution in [0, 0.1) is 5.92 Å². The Hall–Kier alpha value is -2.63. The van der Waals surface area contributed by atoms with Gasteiger partial charge in [-0.15, -0.1) is 0 Å². The van der Waals surface area contributed by atoms with Crippen LogP contribution < -0.4 is 5.63 Å². The second-order valence-corrected chi connectivity index (χ2v) is 7.87. The molecule has 0 saturated carbocycles. The summed E-state index contributed by atoms with van der Waals surface area (Å²) in [6.45, 7) is 3.00. The zero-order chi connectivity index (χ0) is 19.5. The van der Waals surface area contributed by atoms with E-state index in [2.05, 4.69) is 0 Å². The van der Waals surface area contributed by atoms with Crippen LogP contribution in [-0.2, 0) is 4.79 Å². The molecule has 0 bridgehead atoms. The first-order valence-electron chi connectivity index (χ1n) is 10.2. The predicted octanol–water partition coefficient (Wildman–Crippen LogP) is 3.05. The van der Waals surface area contributed by atoms with Crippen LogP contribution in [0.4, 0.5) is 0 Å². The molecular formula is C22H26N2O4. The zero-order valence-electron chi connectivity index (χ0n) is 16.1. The van der Waals surface area contributed by atoms with Gasteiger partial charge in [0.15, 0.2) is 0 Å². The first-order valence-corrected chi connectivity index (χ1v) is 10.2. The van der Waals surface area contributed by atoms with Crippen LogP contribution in [0.15, 0.2) is 39.5 Å². The normalized spacial score (nSPS) is 19.9. The number of fused-ring (bicyclic) bond motifs is 1. The molecular weight excluding hydrogens is 356 g/mol. The molecule has 6 heteroatoms. The Labute approximate surface area is 164 Å². The second kappa shape index (κ2) is 8.17. The summed E-state index contributed by atoms with van der Waals surface area (Å²) in [6, 6.07) is 8.83. The van der Waals surface area contributed by atoms with Gasteiger partial charge in [0.25, 0.3) is 5.91 Å². The largest absolute Gasteiger partial charge is 0.422 e. The summed E-state index contributed by atoms with van der Waals surface area (Å²) < 4.78 is 5.31. The summed E-state index contributed by atoms with van der Waals surface area (Å²) in [6.07, 6.45) is 5.46. The molecule has 2 aliphatic rings. The van der Waals surface area contributed by atoms with E-state index in [0.717, 1.165) is 50.6 Å². The number of nitrogens with zero attached hydrogens (tertiary/aromatic N) is 2. The van der Waals surface area contributed by atoms with Gasteiger partial charge >= 0.3 is 5.63 Å². The van der Waals surface area contributed by atoms with Crippen LogP contribution in [-0.4, -0.2) is 47.8 Å². The molecule has 2 amide bonds. The summed E-state index contributed by atoms with van der Waals surface area (Å²) in [5, 5.41) is 0.746. The average Bonchev–Trinajstić information content (AvgIpc) is 3.26. The summed E-state index contributed by atoms with van der Waals surface area (Å²) in [5.41, 5.74) is -0.0106. The molecule has 28 heavy (non-hydrogen) atoms. The number of carbonyl (C=O) groups is 2. The molecule has 1 atom stereocenters. The SMILES string of the molecule is O=C(CCC1CCCN(C(=O)c2cc3ccccc3oc2=O)C1)N1CCCC1. The lowest BCUT2D eigenvalue weighted by atomic mass is 9.92. The van der Waals surface area contributed by atoms with Crippen molar-refractivity contribution < 1.29 is 14.0 Å². The van der Waals surface area contributed by atoms with Crippen molar-refractivity contribution >= 4 is 22.8 Å². The number of likely N-dealkylation sites (tertiary alicyclic amines) is 2. The highest BCUT2D eigenvalue weighted by Crippen LogP contribution is 2.24. The number of hydrogen-bond donors (Lipinski definition) is 0. The predicted molar refractivity (Wildman–Crippen MR) is 106 cm³/mol. The molecule has 0 aliphatic carbocycles. The summed E-state index contributed by atoms with van der Waals surface area (Å²) >= 11 is 0. The van der Waals surface area contributed by atoms with E-state index in [0.29, 0.717) is 31.0 Å². The van der Waals surface area contributed by atoms with Crippen molar-refractivity contribution in [1.29, 1.82) is 0 Å². The Morgan fingerprint density at radius 3 is 2.61 bits per heavy atom. The molecule has 6 nitrogen and oxygen atoms in total. The van der Waals surface area contributed by atoms with Crippen molar-refractivity contribution in [1.82, 2.24) is 9.80 Å². The summed E-state index contributed by atoms with van der Waals surface area (Å²) in [4.78, 5) is 41.2. The smallest absolute Gasteiger partial charge is 0.349 e. The van der Waals surface area contributed by atoms with E-state index < -0.39 is 5.63 Å². The number of benzene rings is 1. The number of hydrogen-bond acceptors (Lipinski definition) is 4. The lowest BCUT2D eigenvalue weighted by Crippen LogP contribution is -2.41. The van der Waals surface area contributed by atoms with E-state index in [1.165, 1.54) is 0 Å². The number of rotatable bonds is 4. The van der Waals surface area contributed by atoms with Crippen LogP contribution in [0.3, 0.4) is 0 Å². The van der Waals surface area contributed by atoms with Gasteiger partial charge in [-0.25, -0.2) is 4.79 Å². The van der Waals surface area contributed by atoms with Gasteiger partial charge in [-0.1, -0.05) is 18.2 Å². The Balaban J connectivity index is 1.41. The minimum absolute atomic E-state index is 0.0903. The fraction of sp³-hybridized carbons (Fsp3) is 0.500. The Morgan fingerprint density at radius 2 is 1.79 bits per heavy atom. The molecule has 2 saturated heterocycles. The average molecular weight is 382 g/mol. The second-order valence-electron chi connectivity index (χ2n) is 7.87. The van der Waals surface area contributed by atoms with E-state index in [-0.39, 0.29) is 17.4 Å². The highest BCUT2D eigenvalue weighted by atomic mass is 16.4. The van der Waals surface area contributed by atoms with Gasteiger partial charge in [-0.3, -0.25) is 9.59 Å². The fourth-order valence-corrected chi connectivity index (χ4v) is 4.32. The molecule has 0 N–H and O–H groups in total. The molecule has 1 aromatic carbocycles. The van der Waals surface area contributed by atoms with E-state index in [1.807, 2.05) is 17.0 Å².